The molecule has 0 saturated carbocycles. The van der Waals surface area contributed by atoms with Crippen LogP contribution in [0.4, 0.5) is 13.2 Å². The van der Waals surface area contributed by atoms with Crippen LogP contribution in [-0.4, -0.2) is 40.2 Å². The third-order valence-electron chi connectivity index (χ3n) is 3.27. The highest BCUT2D eigenvalue weighted by Gasteiger charge is 2.49. The van der Waals surface area contributed by atoms with Gasteiger partial charge in [-0.05, 0) is 19.8 Å². The maximum atomic E-state index is 12.7. The van der Waals surface area contributed by atoms with E-state index in [2.05, 4.69) is 10.8 Å². The van der Waals surface area contributed by atoms with Gasteiger partial charge in [0.25, 0.3) is 0 Å². The fourth-order valence-electron chi connectivity index (χ4n) is 1.93. The Morgan fingerprint density at radius 3 is 2.30 bits per heavy atom. The molecule has 0 aliphatic rings. The Bertz CT molecular complexity index is 788. The summed E-state index contributed by atoms with van der Waals surface area (Å²) in [6.07, 6.45) is 1.92. The van der Waals surface area contributed by atoms with Crippen molar-refractivity contribution in [1.82, 2.24) is 0 Å². The first-order chi connectivity index (χ1) is 12.5. The van der Waals surface area contributed by atoms with Gasteiger partial charge < -0.3 is 18.4 Å². The van der Waals surface area contributed by atoms with Gasteiger partial charge in [-0.15, -0.1) is 6.58 Å². The number of rotatable bonds is 9. The Hall–Kier alpha value is -2.43. The molecule has 0 amide bonds. The summed E-state index contributed by atoms with van der Waals surface area (Å²) in [7, 11) is -3.71. The Balaban J connectivity index is 3.39. The fraction of sp³-hybridized carbons (Fsp3) is 0.438. The molecule has 0 aromatic heterocycles. The van der Waals surface area contributed by atoms with E-state index in [-0.39, 0.29) is 11.5 Å². The van der Waals surface area contributed by atoms with E-state index >= 15 is 0 Å². The SMILES string of the molecule is C=CCC[C@@H](C)OC(=O)c1c(OC)cc(OC)cc1OS(=O)(=O)C(F)(F)F. The van der Waals surface area contributed by atoms with Gasteiger partial charge in [-0.3, -0.25) is 0 Å². The third kappa shape index (κ3) is 5.78. The van der Waals surface area contributed by atoms with Crippen LogP contribution in [0.3, 0.4) is 0 Å². The average molecular weight is 412 g/mol. The van der Waals surface area contributed by atoms with Crippen molar-refractivity contribution in [2.75, 3.05) is 14.2 Å². The molecule has 1 aromatic rings. The predicted molar refractivity (Wildman–Crippen MR) is 89.5 cm³/mol. The van der Waals surface area contributed by atoms with Crippen LogP contribution in [0, 0.1) is 0 Å². The first kappa shape index (κ1) is 22.6. The highest BCUT2D eigenvalue weighted by atomic mass is 32.2. The Labute approximate surface area is 154 Å². The summed E-state index contributed by atoms with van der Waals surface area (Å²) in [6, 6.07) is 1.99. The lowest BCUT2D eigenvalue weighted by atomic mass is 10.1. The molecule has 1 rings (SSSR count). The maximum absolute atomic E-state index is 12.7. The van der Waals surface area contributed by atoms with Crippen molar-refractivity contribution in [3.63, 3.8) is 0 Å². The van der Waals surface area contributed by atoms with E-state index in [0.29, 0.717) is 12.8 Å². The molecule has 1 atom stereocenters. The summed E-state index contributed by atoms with van der Waals surface area (Å²) in [4.78, 5) is 12.4. The fourth-order valence-corrected chi connectivity index (χ4v) is 2.39. The van der Waals surface area contributed by atoms with E-state index in [1.807, 2.05) is 0 Å². The summed E-state index contributed by atoms with van der Waals surface area (Å²) in [5.41, 5.74) is -6.31. The highest BCUT2D eigenvalue weighted by molar-refractivity contribution is 7.88. The molecule has 0 radical (unpaired) electrons. The topological polar surface area (TPSA) is 88.1 Å². The smallest absolute Gasteiger partial charge is 0.496 e. The van der Waals surface area contributed by atoms with Crippen molar-refractivity contribution in [2.24, 2.45) is 0 Å². The van der Waals surface area contributed by atoms with E-state index < -0.39 is 39.0 Å². The van der Waals surface area contributed by atoms with Crippen LogP contribution in [0.2, 0.25) is 0 Å². The van der Waals surface area contributed by atoms with E-state index in [1.165, 1.54) is 13.2 Å². The van der Waals surface area contributed by atoms with Gasteiger partial charge in [0.2, 0.25) is 0 Å². The van der Waals surface area contributed by atoms with Gasteiger partial charge >= 0.3 is 21.6 Å². The van der Waals surface area contributed by atoms with Crippen molar-refractivity contribution in [3.8, 4) is 17.2 Å². The molecule has 0 bridgehead atoms. The van der Waals surface area contributed by atoms with Crippen molar-refractivity contribution < 1.29 is 44.8 Å². The Kier molecular flexibility index (Phi) is 7.52. The molecule has 0 heterocycles. The molecule has 0 unspecified atom stereocenters. The van der Waals surface area contributed by atoms with Crippen molar-refractivity contribution in [3.05, 3.63) is 30.4 Å². The lowest BCUT2D eigenvalue weighted by molar-refractivity contribution is -0.0500. The lowest BCUT2D eigenvalue weighted by Crippen LogP contribution is -2.29. The number of allylic oxidation sites excluding steroid dienone is 1. The summed E-state index contributed by atoms with van der Waals surface area (Å²) < 4.78 is 79.8. The van der Waals surface area contributed by atoms with Gasteiger partial charge in [-0.25, -0.2) is 4.79 Å². The van der Waals surface area contributed by atoms with Crippen LogP contribution in [0.1, 0.15) is 30.1 Å². The Morgan fingerprint density at radius 1 is 1.22 bits per heavy atom. The molecule has 152 valence electrons. The van der Waals surface area contributed by atoms with E-state index in [4.69, 9.17) is 14.2 Å². The minimum atomic E-state index is -6.03. The number of esters is 1. The van der Waals surface area contributed by atoms with Gasteiger partial charge in [0.05, 0.1) is 20.3 Å². The molecule has 0 aliphatic carbocycles. The molecule has 0 fully saturated rings. The normalized spacial score (nSPS) is 12.8. The zero-order chi connectivity index (χ0) is 20.8. The maximum Gasteiger partial charge on any atom is 0.534 e. The molecule has 0 aliphatic heterocycles. The zero-order valence-corrected chi connectivity index (χ0v) is 15.6. The number of carbonyl (C=O) groups excluding carboxylic acids is 1. The number of hydrogen-bond donors (Lipinski definition) is 0. The summed E-state index contributed by atoms with van der Waals surface area (Å²) in [5, 5.41) is 0. The molecule has 0 N–H and O–H groups in total. The molecular weight excluding hydrogens is 393 g/mol. The van der Waals surface area contributed by atoms with Crippen LogP contribution >= 0.6 is 0 Å². The quantitative estimate of drug-likeness (QED) is 0.266. The molecular formula is C16H19F3O7S. The first-order valence-corrected chi connectivity index (χ1v) is 8.96. The molecule has 27 heavy (non-hydrogen) atoms. The average Bonchev–Trinajstić information content (AvgIpc) is 2.57. The minimum Gasteiger partial charge on any atom is -0.496 e. The number of alkyl halides is 3. The number of benzene rings is 1. The Morgan fingerprint density at radius 2 is 1.81 bits per heavy atom. The molecule has 1 aromatic carbocycles. The largest absolute Gasteiger partial charge is 0.534 e. The predicted octanol–water partition coefficient (Wildman–Crippen LogP) is 3.44. The van der Waals surface area contributed by atoms with Gasteiger partial charge in [-0.2, -0.15) is 21.6 Å². The summed E-state index contributed by atoms with van der Waals surface area (Å²) in [5.74, 6) is -2.40. The number of methoxy groups -OCH3 is 2. The molecule has 7 nitrogen and oxygen atoms in total. The second kappa shape index (κ2) is 8.98. The highest BCUT2D eigenvalue weighted by Crippen LogP contribution is 2.37. The number of hydrogen-bond acceptors (Lipinski definition) is 7. The van der Waals surface area contributed by atoms with Gasteiger partial charge in [0, 0.05) is 12.1 Å². The second-order valence-corrected chi connectivity index (χ2v) is 6.81. The van der Waals surface area contributed by atoms with Crippen molar-refractivity contribution in [1.29, 1.82) is 0 Å². The number of carbonyl (C=O) groups is 1. The third-order valence-corrected chi connectivity index (χ3v) is 4.23. The first-order valence-electron chi connectivity index (χ1n) is 7.55. The van der Waals surface area contributed by atoms with Crippen molar-refractivity contribution in [2.45, 2.75) is 31.4 Å². The summed E-state index contributed by atoms with van der Waals surface area (Å²) >= 11 is 0. The molecule has 0 saturated heterocycles. The van der Waals surface area contributed by atoms with Gasteiger partial charge in [0.15, 0.2) is 5.75 Å². The van der Waals surface area contributed by atoms with Crippen LogP contribution in [-0.2, 0) is 14.9 Å². The monoisotopic (exact) mass is 412 g/mol. The van der Waals surface area contributed by atoms with Crippen LogP contribution in [0.25, 0.3) is 0 Å². The zero-order valence-electron chi connectivity index (χ0n) is 14.8. The van der Waals surface area contributed by atoms with Gasteiger partial charge in [-0.1, -0.05) is 6.08 Å². The van der Waals surface area contributed by atoms with Crippen molar-refractivity contribution >= 4 is 16.1 Å². The van der Waals surface area contributed by atoms with Gasteiger partial charge in [0.1, 0.15) is 17.1 Å². The molecule has 0 spiro atoms. The number of halogens is 3. The number of ether oxygens (including phenoxy) is 3. The van der Waals surface area contributed by atoms with E-state index in [0.717, 1.165) is 13.2 Å². The van der Waals surface area contributed by atoms with E-state index in [1.54, 1.807) is 13.0 Å². The van der Waals surface area contributed by atoms with Crippen LogP contribution < -0.4 is 13.7 Å². The standard InChI is InChI=1S/C16H19F3O7S/c1-5-6-7-10(2)25-15(20)14-12(24-4)8-11(23-3)9-13(14)26-27(21,22)16(17,18)19/h5,8-10H,1,6-7H2,2-4H3/t10-/m1/s1. The van der Waals surface area contributed by atoms with Crippen LogP contribution in [0.5, 0.6) is 17.2 Å². The lowest BCUT2D eigenvalue weighted by Gasteiger charge is -2.18. The van der Waals surface area contributed by atoms with E-state index in [9.17, 15) is 26.4 Å². The molecule has 11 heteroatoms. The second-order valence-electron chi connectivity index (χ2n) is 5.27. The summed E-state index contributed by atoms with van der Waals surface area (Å²) in [6.45, 7) is 5.09. The van der Waals surface area contributed by atoms with Crippen LogP contribution in [0.15, 0.2) is 24.8 Å². The minimum absolute atomic E-state index is 0.0875.